The lowest BCUT2D eigenvalue weighted by molar-refractivity contribution is 0.267. The molecule has 2 aliphatic heterocycles. The van der Waals surface area contributed by atoms with Crippen LogP contribution >= 0.6 is 0 Å². The number of guanidine groups is 1. The number of nitrogens with one attached hydrogen (secondary N) is 2. The number of rotatable bonds is 5. The van der Waals surface area contributed by atoms with Crippen LogP contribution in [0.15, 0.2) is 47.5 Å². The third-order valence-corrected chi connectivity index (χ3v) is 5.28. The fourth-order valence-corrected chi connectivity index (χ4v) is 3.79. The van der Waals surface area contributed by atoms with E-state index in [1.807, 2.05) is 13.1 Å². The minimum Gasteiger partial charge on any atom is -0.493 e. The van der Waals surface area contributed by atoms with E-state index >= 15 is 0 Å². The number of aliphatic imine (C=N–C) groups is 1. The summed E-state index contributed by atoms with van der Waals surface area (Å²) in [4.78, 5) is 4.36. The molecule has 0 radical (unpaired) electrons. The van der Waals surface area contributed by atoms with E-state index in [1.165, 1.54) is 16.7 Å². The standard InChI is InChI=1S/C22H27N3O2/c1-23-22(24-11-8-16-6-7-20-17(14-16)9-12-26-20)25-15-18-10-13-27-21-5-3-2-4-19(18)21/h2-7,14,18H,8-13,15H2,1H3,(H2,23,24,25). The van der Waals surface area contributed by atoms with Crippen molar-refractivity contribution < 1.29 is 9.47 Å². The van der Waals surface area contributed by atoms with Gasteiger partial charge in [0.15, 0.2) is 5.96 Å². The summed E-state index contributed by atoms with van der Waals surface area (Å²) < 4.78 is 11.3. The molecule has 5 heteroatoms. The molecule has 0 spiro atoms. The molecule has 2 aromatic rings. The zero-order valence-corrected chi connectivity index (χ0v) is 15.8. The predicted octanol–water partition coefficient (Wildman–Crippen LogP) is 2.90. The molecular weight excluding hydrogens is 338 g/mol. The van der Waals surface area contributed by atoms with Crippen LogP contribution in [-0.4, -0.2) is 39.3 Å². The van der Waals surface area contributed by atoms with Crippen LogP contribution < -0.4 is 20.1 Å². The Morgan fingerprint density at radius 2 is 1.96 bits per heavy atom. The second-order valence-electron chi connectivity index (χ2n) is 7.04. The Morgan fingerprint density at radius 1 is 1.07 bits per heavy atom. The minimum absolute atomic E-state index is 0.449. The molecule has 1 unspecified atom stereocenters. The minimum atomic E-state index is 0.449. The van der Waals surface area contributed by atoms with Crippen LogP contribution in [0.5, 0.6) is 11.5 Å². The second kappa shape index (κ2) is 8.33. The third-order valence-electron chi connectivity index (χ3n) is 5.28. The van der Waals surface area contributed by atoms with E-state index < -0.39 is 0 Å². The first kappa shape index (κ1) is 17.7. The number of hydrogen-bond donors (Lipinski definition) is 2. The van der Waals surface area contributed by atoms with Gasteiger partial charge in [0.25, 0.3) is 0 Å². The van der Waals surface area contributed by atoms with Crippen LogP contribution in [0.25, 0.3) is 0 Å². The van der Waals surface area contributed by atoms with Crippen molar-refractivity contribution in [2.45, 2.75) is 25.2 Å². The van der Waals surface area contributed by atoms with Crippen molar-refractivity contribution in [1.82, 2.24) is 10.6 Å². The summed E-state index contributed by atoms with van der Waals surface area (Å²) in [6.07, 6.45) is 3.01. The molecule has 0 aliphatic carbocycles. The highest BCUT2D eigenvalue weighted by Gasteiger charge is 2.21. The van der Waals surface area contributed by atoms with Crippen molar-refractivity contribution in [2.24, 2.45) is 4.99 Å². The summed E-state index contributed by atoms with van der Waals surface area (Å²) >= 11 is 0. The van der Waals surface area contributed by atoms with E-state index in [2.05, 4.69) is 52.0 Å². The highest BCUT2D eigenvalue weighted by molar-refractivity contribution is 5.79. The summed E-state index contributed by atoms with van der Waals surface area (Å²) in [6, 6.07) is 14.8. The van der Waals surface area contributed by atoms with Crippen molar-refractivity contribution in [3.63, 3.8) is 0 Å². The van der Waals surface area contributed by atoms with Gasteiger partial charge in [-0.15, -0.1) is 0 Å². The van der Waals surface area contributed by atoms with Gasteiger partial charge in [0.05, 0.1) is 13.2 Å². The molecule has 2 N–H and O–H groups in total. The van der Waals surface area contributed by atoms with Gasteiger partial charge in [-0.1, -0.05) is 30.3 Å². The number of nitrogens with zero attached hydrogens (tertiary/aromatic N) is 1. The first-order valence-electron chi connectivity index (χ1n) is 9.74. The average molecular weight is 365 g/mol. The Kier molecular flexibility index (Phi) is 5.47. The van der Waals surface area contributed by atoms with E-state index in [4.69, 9.17) is 9.47 Å². The van der Waals surface area contributed by atoms with Crippen LogP contribution in [0.2, 0.25) is 0 Å². The molecule has 27 heavy (non-hydrogen) atoms. The van der Waals surface area contributed by atoms with Gasteiger partial charge < -0.3 is 20.1 Å². The molecule has 0 fully saturated rings. The highest BCUT2D eigenvalue weighted by Crippen LogP contribution is 2.32. The lowest BCUT2D eigenvalue weighted by atomic mass is 9.93. The van der Waals surface area contributed by atoms with Gasteiger partial charge in [-0.25, -0.2) is 0 Å². The normalized spacial score (nSPS) is 18.1. The lowest BCUT2D eigenvalue weighted by Gasteiger charge is -2.26. The molecule has 1 atom stereocenters. The van der Waals surface area contributed by atoms with Gasteiger partial charge >= 0.3 is 0 Å². The summed E-state index contributed by atoms with van der Waals surface area (Å²) in [7, 11) is 1.82. The van der Waals surface area contributed by atoms with Crippen LogP contribution in [0, 0.1) is 0 Å². The van der Waals surface area contributed by atoms with Gasteiger partial charge in [0, 0.05) is 32.5 Å². The molecule has 142 valence electrons. The smallest absolute Gasteiger partial charge is 0.191 e. The van der Waals surface area contributed by atoms with E-state index in [0.29, 0.717) is 5.92 Å². The monoisotopic (exact) mass is 365 g/mol. The van der Waals surface area contributed by atoms with Crippen molar-refractivity contribution in [1.29, 1.82) is 0 Å². The van der Waals surface area contributed by atoms with E-state index in [-0.39, 0.29) is 0 Å². The SMILES string of the molecule is CN=C(NCCc1ccc2c(c1)CCO2)NCC1CCOc2ccccc21. The van der Waals surface area contributed by atoms with Gasteiger partial charge in [-0.05, 0) is 41.7 Å². The Balaban J connectivity index is 1.27. The summed E-state index contributed by atoms with van der Waals surface area (Å²) in [6.45, 7) is 3.29. The van der Waals surface area contributed by atoms with Crippen molar-refractivity contribution >= 4 is 5.96 Å². The maximum absolute atomic E-state index is 5.75. The maximum Gasteiger partial charge on any atom is 0.191 e. The topological polar surface area (TPSA) is 54.9 Å². The molecule has 0 saturated heterocycles. The van der Waals surface area contributed by atoms with Gasteiger partial charge in [-0.3, -0.25) is 4.99 Å². The van der Waals surface area contributed by atoms with Crippen molar-refractivity contribution in [3.05, 3.63) is 59.2 Å². The van der Waals surface area contributed by atoms with Crippen LogP contribution in [0.4, 0.5) is 0 Å². The van der Waals surface area contributed by atoms with Crippen molar-refractivity contribution in [3.8, 4) is 11.5 Å². The third kappa shape index (κ3) is 4.18. The largest absolute Gasteiger partial charge is 0.493 e. The van der Waals surface area contributed by atoms with Gasteiger partial charge in [-0.2, -0.15) is 0 Å². The highest BCUT2D eigenvalue weighted by atomic mass is 16.5. The zero-order chi connectivity index (χ0) is 18.5. The van der Waals surface area contributed by atoms with Gasteiger partial charge in [0.1, 0.15) is 11.5 Å². The zero-order valence-electron chi connectivity index (χ0n) is 15.8. The molecule has 4 rings (SSSR count). The van der Waals surface area contributed by atoms with E-state index in [0.717, 1.165) is 63.0 Å². The van der Waals surface area contributed by atoms with Crippen LogP contribution in [-0.2, 0) is 12.8 Å². The lowest BCUT2D eigenvalue weighted by Crippen LogP contribution is -2.40. The summed E-state index contributed by atoms with van der Waals surface area (Å²) in [5.74, 6) is 3.36. The first-order chi connectivity index (χ1) is 13.3. The van der Waals surface area contributed by atoms with E-state index in [1.54, 1.807) is 0 Å². The van der Waals surface area contributed by atoms with E-state index in [9.17, 15) is 0 Å². The second-order valence-corrected chi connectivity index (χ2v) is 7.04. The molecule has 0 amide bonds. The quantitative estimate of drug-likeness (QED) is 0.632. The average Bonchev–Trinajstić information content (AvgIpc) is 3.18. The van der Waals surface area contributed by atoms with Crippen LogP contribution in [0.3, 0.4) is 0 Å². The molecule has 2 heterocycles. The fourth-order valence-electron chi connectivity index (χ4n) is 3.79. The maximum atomic E-state index is 5.75. The fraction of sp³-hybridized carbons (Fsp3) is 0.409. The Hall–Kier alpha value is -2.69. The number of hydrogen-bond acceptors (Lipinski definition) is 3. The van der Waals surface area contributed by atoms with Gasteiger partial charge in [0.2, 0.25) is 0 Å². The summed E-state index contributed by atoms with van der Waals surface area (Å²) in [5, 5.41) is 6.90. The van der Waals surface area contributed by atoms with Crippen LogP contribution in [0.1, 0.15) is 29.0 Å². The first-order valence-corrected chi connectivity index (χ1v) is 9.74. The number of fused-ring (bicyclic) bond motifs is 2. The molecule has 5 nitrogen and oxygen atoms in total. The van der Waals surface area contributed by atoms with Crippen molar-refractivity contribution in [2.75, 3.05) is 33.4 Å². The molecule has 0 saturated carbocycles. The predicted molar refractivity (Wildman–Crippen MR) is 108 cm³/mol. The Labute approximate surface area is 160 Å². The number of ether oxygens (including phenoxy) is 2. The molecule has 2 aliphatic rings. The molecule has 0 aromatic heterocycles. The number of benzene rings is 2. The molecule has 0 bridgehead atoms. The summed E-state index contributed by atoms with van der Waals surface area (Å²) in [5.41, 5.74) is 3.95. The Bertz CT molecular complexity index is 819. The molecular formula is C22H27N3O2. The molecule has 2 aromatic carbocycles. The Morgan fingerprint density at radius 3 is 2.89 bits per heavy atom. The number of para-hydroxylation sites is 1.